The maximum atomic E-state index is 12.8. The van der Waals surface area contributed by atoms with Gasteiger partial charge in [-0.15, -0.1) is 0 Å². The summed E-state index contributed by atoms with van der Waals surface area (Å²) in [4.78, 5) is 64.0. The van der Waals surface area contributed by atoms with Crippen LogP contribution >= 0.6 is 12.6 Å². The van der Waals surface area contributed by atoms with Crippen molar-refractivity contribution >= 4 is 48.2 Å². The van der Waals surface area contributed by atoms with Crippen molar-refractivity contribution in [2.24, 2.45) is 16.5 Å². The van der Waals surface area contributed by atoms with Gasteiger partial charge in [-0.05, 0) is 32.2 Å². The monoisotopic (exact) mass is 489 g/mol. The van der Waals surface area contributed by atoms with Gasteiger partial charge in [-0.2, -0.15) is 12.6 Å². The Hall–Kier alpha value is -3.07. The summed E-state index contributed by atoms with van der Waals surface area (Å²) in [5.74, 6) is -5.24. The second-order valence-corrected chi connectivity index (χ2v) is 7.77. The van der Waals surface area contributed by atoms with Gasteiger partial charge in [0.05, 0.1) is 12.5 Å². The Morgan fingerprint density at radius 3 is 2.18 bits per heavy atom. The van der Waals surface area contributed by atoms with Crippen LogP contribution in [0.1, 0.15) is 32.1 Å². The predicted octanol–water partition coefficient (Wildman–Crippen LogP) is -3.26. The number of aliphatic carboxylic acids is 2. The van der Waals surface area contributed by atoms with Crippen LogP contribution in [0.25, 0.3) is 0 Å². The van der Waals surface area contributed by atoms with Gasteiger partial charge in [0, 0.05) is 12.3 Å². The van der Waals surface area contributed by atoms with Gasteiger partial charge < -0.3 is 42.9 Å². The molecule has 33 heavy (non-hydrogen) atoms. The molecule has 0 aromatic heterocycles. The minimum absolute atomic E-state index is 0.0190. The van der Waals surface area contributed by atoms with Crippen LogP contribution in [-0.4, -0.2) is 88.8 Å². The predicted molar refractivity (Wildman–Crippen MR) is 120 cm³/mol. The van der Waals surface area contributed by atoms with Gasteiger partial charge in [0.25, 0.3) is 0 Å². The summed E-state index contributed by atoms with van der Waals surface area (Å²) in [7, 11) is 0. The quantitative estimate of drug-likeness (QED) is 0.0510. The minimum Gasteiger partial charge on any atom is -0.481 e. The van der Waals surface area contributed by atoms with Crippen LogP contribution in [0.5, 0.6) is 0 Å². The molecule has 0 aliphatic carbocycles. The molecule has 0 aromatic rings. The first-order valence-corrected chi connectivity index (χ1v) is 10.9. The maximum absolute atomic E-state index is 12.8. The highest BCUT2D eigenvalue weighted by Gasteiger charge is 2.32. The Kier molecular flexibility index (Phi) is 12.0. The van der Waals surface area contributed by atoms with Gasteiger partial charge in [0.2, 0.25) is 17.7 Å². The maximum Gasteiger partial charge on any atom is 0.327 e. The van der Waals surface area contributed by atoms with Crippen LogP contribution in [0.2, 0.25) is 0 Å². The second-order valence-electron chi connectivity index (χ2n) is 7.40. The molecule has 14 nitrogen and oxygen atoms in total. The molecule has 0 aromatic carbocycles. The lowest BCUT2D eigenvalue weighted by atomic mass is 10.1. The van der Waals surface area contributed by atoms with Crippen molar-refractivity contribution in [1.29, 1.82) is 0 Å². The van der Waals surface area contributed by atoms with Crippen LogP contribution < -0.4 is 32.7 Å². The third-order valence-corrected chi connectivity index (χ3v) is 5.13. The van der Waals surface area contributed by atoms with E-state index in [0.29, 0.717) is 13.0 Å². The van der Waals surface area contributed by atoms with E-state index < -0.39 is 60.2 Å². The zero-order valence-corrected chi connectivity index (χ0v) is 18.8. The number of hydrogen-bond donors (Lipinski definition) is 9. The molecule has 1 aliphatic heterocycles. The second kappa shape index (κ2) is 14.2. The summed E-state index contributed by atoms with van der Waals surface area (Å²) in [5, 5.41) is 28.3. The molecule has 186 valence electrons. The molecule has 0 saturated carbocycles. The molecule has 1 heterocycles. The molecule has 1 fully saturated rings. The van der Waals surface area contributed by atoms with Gasteiger partial charge >= 0.3 is 11.9 Å². The zero-order chi connectivity index (χ0) is 25.0. The normalized spacial score (nSPS) is 17.8. The van der Waals surface area contributed by atoms with Gasteiger partial charge in [-0.25, -0.2) is 4.79 Å². The van der Waals surface area contributed by atoms with Gasteiger partial charge in [-0.1, -0.05) is 0 Å². The number of hydrogen-bond acceptors (Lipinski definition) is 8. The van der Waals surface area contributed by atoms with Crippen molar-refractivity contribution in [3.8, 4) is 0 Å². The van der Waals surface area contributed by atoms with E-state index in [4.69, 9.17) is 21.7 Å². The Labute approximate surface area is 195 Å². The number of amides is 3. The van der Waals surface area contributed by atoms with Crippen LogP contribution in [0.15, 0.2) is 4.99 Å². The number of nitrogens with one attached hydrogen (secondary N) is 4. The third-order valence-electron chi connectivity index (χ3n) is 4.76. The number of carbonyl (C=O) groups is 5. The molecule has 0 spiro atoms. The van der Waals surface area contributed by atoms with Crippen molar-refractivity contribution in [2.75, 3.05) is 18.8 Å². The number of nitrogens with zero attached hydrogens (tertiary/aromatic N) is 1. The first kappa shape index (κ1) is 28.0. The number of carboxylic acid groups (broad SMARTS) is 2. The summed E-state index contributed by atoms with van der Waals surface area (Å²) in [6, 6.07) is -4.52. The molecule has 0 bridgehead atoms. The number of aliphatic imine (C=N–C) groups is 1. The van der Waals surface area contributed by atoms with E-state index in [2.05, 4.69) is 38.9 Å². The molecule has 0 radical (unpaired) electrons. The van der Waals surface area contributed by atoms with E-state index in [1.165, 1.54) is 0 Å². The Morgan fingerprint density at radius 2 is 1.67 bits per heavy atom. The van der Waals surface area contributed by atoms with Crippen molar-refractivity contribution in [1.82, 2.24) is 21.3 Å². The van der Waals surface area contributed by atoms with Gasteiger partial charge in [0.1, 0.15) is 18.1 Å². The lowest BCUT2D eigenvalue weighted by Gasteiger charge is -2.24. The van der Waals surface area contributed by atoms with Crippen LogP contribution in [0, 0.1) is 0 Å². The van der Waals surface area contributed by atoms with Crippen LogP contribution in [0.4, 0.5) is 0 Å². The molecule has 10 N–H and O–H groups in total. The largest absolute Gasteiger partial charge is 0.481 e. The molecule has 15 heteroatoms. The Bertz CT molecular complexity index is 754. The number of guanidine groups is 1. The average Bonchev–Trinajstić information content (AvgIpc) is 3.27. The van der Waals surface area contributed by atoms with E-state index in [-0.39, 0.29) is 31.1 Å². The van der Waals surface area contributed by atoms with E-state index in [9.17, 15) is 24.0 Å². The fraction of sp³-hybridized carbons (Fsp3) is 0.667. The molecular formula is C18H31N7O7S. The van der Waals surface area contributed by atoms with E-state index >= 15 is 0 Å². The molecule has 4 atom stereocenters. The fourth-order valence-electron chi connectivity index (χ4n) is 3.07. The highest BCUT2D eigenvalue weighted by atomic mass is 32.1. The van der Waals surface area contributed by atoms with Crippen molar-refractivity contribution in [2.45, 2.75) is 56.3 Å². The number of carboxylic acids is 2. The summed E-state index contributed by atoms with van der Waals surface area (Å²) in [6.07, 6.45) is 0.869. The zero-order valence-electron chi connectivity index (χ0n) is 18.0. The number of carbonyl (C=O) groups excluding carboxylic acids is 3. The Morgan fingerprint density at radius 1 is 1.03 bits per heavy atom. The van der Waals surface area contributed by atoms with Crippen LogP contribution in [-0.2, 0) is 24.0 Å². The lowest BCUT2D eigenvalue weighted by molar-refractivity contribution is -0.143. The standard InChI is InChI=1S/C18H31N7O7S/c19-18(20)22-6-2-4-10(15(29)25-12(8-33)17(31)32)23-16(30)11(7-13(26)27)24-14(28)9-3-1-5-21-9/h9-12,21,33H,1-8H2,(H,23,30)(H,24,28)(H,25,29)(H,26,27)(H,31,32)(H4,19,20,22). The van der Waals surface area contributed by atoms with Crippen molar-refractivity contribution in [3.63, 3.8) is 0 Å². The van der Waals surface area contributed by atoms with Crippen molar-refractivity contribution < 1.29 is 34.2 Å². The van der Waals surface area contributed by atoms with E-state index in [1.54, 1.807) is 0 Å². The van der Waals surface area contributed by atoms with E-state index in [0.717, 1.165) is 6.42 Å². The molecule has 1 saturated heterocycles. The summed E-state index contributed by atoms with van der Waals surface area (Å²) < 4.78 is 0. The molecule has 3 amide bonds. The molecule has 1 rings (SSSR count). The van der Waals surface area contributed by atoms with Crippen LogP contribution in [0.3, 0.4) is 0 Å². The number of nitrogens with two attached hydrogens (primary N) is 2. The number of rotatable bonds is 14. The average molecular weight is 490 g/mol. The summed E-state index contributed by atoms with van der Waals surface area (Å²) >= 11 is 3.88. The highest BCUT2D eigenvalue weighted by molar-refractivity contribution is 7.80. The summed E-state index contributed by atoms with van der Waals surface area (Å²) in [6.45, 7) is 0.765. The van der Waals surface area contributed by atoms with E-state index in [1.807, 2.05) is 0 Å². The first-order chi connectivity index (χ1) is 15.5. The fourth-order valence-corrected chi connectivity index (χ4v) is 3.31. The smallest absolute Gasteiger partial charge is 0.327 e. The summed E-state index contributed by atoms with van der Waals surface area (Å²) in [5.41, 5.74) is 10.5. The van der Waals surface area contributed by atoms with Crippen molar-refractivity contribution in [3.05, 3.63) is 0 Å². The Balaban J connectivity index is 2.92. The lowest BCUT2D eigenvalue weighted by Crippen LogP contribution is -2.57. The molecule has 1 aliphatic rings. The first-order valence-electron chi connectivity index (χ1n) is 10.3. The minimum atomic E-state index is -1.44. The topological polar surface area (TPSA) is 238 Å². The van der Waals surface area contributed by atoms with Gasteiger partial charge in [0.15, 0.2) is 5.96 Å². The molecular weight excluding hydrogens is 458 g/mol. The highest BCUT2D eigenvalue weighted by Crippen LogP contribution is 2.07. The SMILES string of the molecule is NC(N)=NCCCC(NC(=O)C(CC(=O)O)NC(=O)C1CCCN1)C(=O)NC(CS)C(=O)O. The molecule has 4 unspecified atom stereocenters. The van der Waals surface area contributed by atoms with Gasteiger partial charge in [-0.3, -0.25) is 24.2 Å². The number of thiol groups is 1. The third kappa shape index (κ3) is 10.4.